The highest BCUT2D eigenvalue weighted by molar-refractivity contribution is 7.21. The van der Waals surface area contributed by atoms with Gasteiger partial charge in [-0.3, -0.25) is 9.59 Å². The molecule has 3 aromatic heterocycles. The number of alkyl halides is 2. The van der Waals surface area contributed by atoms with Crippen molar-refractivity contribution >= 4 is 50.7 Å². The van der Waals surface area contributed by atoms with Crippen molar-refractivity contribution in [3.8, 4) is 5.75 Å². The summed E-state index contributed by atoms with van der Waals surface area (Å²) in [5.74, 6) is -0.534. The SMILES string of the molecule is Cc1cc(C(F)F)nc2sc(C(N)=O)c(NC(=O)c3ccc(COc4ccc(Cl)cc4)o3)c12. The van der Waals surface area contributed by atoms with Crippen LogP contribution in [0.5, 0.6) is 5.75 Å². The lowest BCUT2D eigenvalue weighted by atomic mass is 10.1. The maximum absolute atomic E-state index is 13.1. The van der Waals surface area contributed by atoms with Gasteiger partial charge in [-0.25, -0.2) is 13.8 Å². The zero-order valence-corrected chi connectivity index (χ0v) is 18.6. The first-order valence-corrected chi connectivity index (χ1v) is 10.7. The van der Waals surface area contributed by atoms with E-state index in [1.54, 1.807) is 37.3 Å². The Morgan fingerprint density at radius 2 is 1.97 bits per heavy atom. The molecule has 0 spiro atoms. The Morgan fingerprint density at radius 3 is 2.64 bits per heavy atom. The fourth-order valence-electron chi connectivity index (χ4n) is 3.15. The molecule has 0 atom stereocenters. The zero-order valence-electron chi connectivity index (χ0n) is 17.0. The van der Waals surface area contributed by atoms with Crippen LogP contribution < -0.4 is 15.8 Å². The molecule has 0 fully saturated rings. The lowest BCUT2D eigenvalue weighted by Crippen LogP contribution is -2.16. The molecule has 4 aromatic rings. The third-order valence-corrected chi connectivity index (χ3v) is 6.00. The molecule has 0 unspecified atom stereocenters. The van der Waals surface area contributed by atoms with Crippen LogP contribution in [0.4, 0.5) is 14.5 Å². The molecule has 0 aliphatic rings. The minimum absolute atomic E-state index is 0.00165. The number of fused-ring (bicyclic) bond motifs is 1. The molecule has 1 aromatic carbocycles. The minimum atomic E-state index is -2.78. The van der Waals surface area contributed by atoms with Gasteiger partial charge in [0.25, 0.3) is 18.2 Å². The lowest BCUT2D eigenvalue weighted by Gasteiger charge is -2.07. The second kappa shape index (κ2) is 9.16. The number of aryl methyl sites for hydroxylation is 1. The molecule has 3 heterocycles. The summed E-state index contributed by atoms with van der Waals surface area (Å²) in [6, 6.07) is 11.0. The predicted octanol–water partition coefficient (Wildman–Crippen LogP) is 5.72. The number of halogens is 3. The van der Waals surface area contributed by atoms with Crippen LogP contribution in [-0.4, -0.2) is 16.8 Å². The first kappa shape index (κ1) is 22.7. The number of amides is 2. The number of hydrogen-bond donors (Lipinski definition) is 2. The number of furan rings is 1. The number of carbonyl (C=O) groups excluding carboxylic acids is 2. The van der Waals surface area contributed by atoms with E-state index in [1.807, 2.05) is 0 Å². The van der Waals surface area contributed by atoms with Gasteiger partial charge in [-0.1, -0.05) is 11.6 Å². The molecule has 0 saturated carbocycles. The third kappa shape index (κ3) is 4.81. The van der Waals surface area contributed by atoms with Gasteiger partial charge < -0.3 is 20.2 Å². The van der Waals surface area contributed by atoms with Gasteiger partial charge >= 0.3 is 0 Å². The Hall–Kier alpha value is -3.50. The Kier molecular flexibility index (Phi) is 6.30. The van der Waals surface area contributed by atoms with Gasteiger partial charge in [-0.2, -0.15) is 0 Å². The average molecular weight is 492 g/mol. The summed E-state index contributed by atoms with van der Waals surface area (Å²) in [4.78, 5) is 28.8. The number of pyridine rings is 1. The maximum atomic E-state index is 13.1. The van der Waals surface area contributed by atoms with Gasteiger partial charge in [0.2, 0.25) is 0 Å². The number of aromatic nitrogens is 1. The first-order chi connectivity index (χ1) is 15.7. The van der Waals surface area contributed by atoms with Crippen LogP contribution in [0.1, 0.15) is 43.7 Å². The highest BCUT2D eigenvalue weighted by Gasteiger charge is 2.24. The highest BCUT2D eigenvalue weighted by atomic mass is 35.5. The number of carbonyl (C=O) groups is 2. The average Bonchev–Trinajstić information content (AvgIpc) is 3.38. The molecule has 0 aliphatic carbocycles. The second-order valence-electron chi connectivity index (χ2n) is 6.98. The van der Waals surface area contributed by atoms with Crippen LogP contribution in [0.3, 0.4) is 0 Å². The zero-order chi connectivity index (χ0) is 23.7. The van der Waals surface area contributed by atoms with E-state index in [2.05, 4.69) is 10.3 Å². The number of anilines is 1. The summed E-state index contributed by atoms with van der Waals surface area (Å²) in [6.07, 6.45) is -2.78. The second-order valence-corrected chi connectivity index (χ2v) is 8.41. The molecule has 0 radical (unpaired) electrons. The van der Waals surface area contributed by atoms with E-state index in [4.69, 9.17) is 26.5 Å². The molecule has 2 amide bonds. The van der Waals surface area contributed by atoms with Crippen molar-refractivity contribution in [2.24, 2.45) is 5.73 Å². The number of hydrogen-bond acceptors (Lipinski definition) is 6. The summed E-state index contributed by atoms with van der Waals surface area (Å²) >= 11 is 6.67. The molecular formula is C22H16ClF2N3O4S. The fourth-order valence-corrected chi connectivity index (χ4v) is 4.34. The molecule has 7 nitrogen and oxygen atoms in total. The van der Waals surface area contributed by atoms with E-state index in [9.17, 15) is 18.4 Å². The van der Waals surface area contributed by atoms with Crippen molar-refractivity contribution in [1.82, 2.24) is 4.98 Å². The first-order valence-electron chi connectivity index (χ1n) is 9.53. The fraction of sp³-hybridized carbons (Fsp3) is 0.136. The maximum Gasteiger partial charge on any atom is 0.291 e. The molecule has 0 saturated heterocycles. The Morgan fingerprint density at radius 1 is 1.24 bits per heavy atom. The molecule has 0 bridgehead atoms. The highest BCUT2D eigenvalue weighted by Crippen LogP contribution is 2.38. The number of rotatable bonds is 7. The van der Waals surface area contributed by atoms with Crippen molar-refractivity contribution in [2.45, 2.75) is 20.0 Å². The summed E-state index contributed by atoms with van der Waals surface area (Å²) < 4.78 is 37.4. The number of benzene rings is 1. The van der Waals surface area contributed by atoms with Crippen molar-refractivity contribution in [3.63, 3.8) is 0 Å². The summed E-state index contributed by atoms with van der Waals surface area (Å²) in [5, 5.41) is 3.55. The summed E-state index contributed by atoms with van der Waals surface area (Å²) in [7, 11) is 0. The number of thiophene rings is 1. The van der Waals surface area contributed by atoms with Crippen molar-refractivity contribution < 1.29 is 27.5 Å². The van der Waals surface area contributed by atoms with E-state index >= 15 is 0 Å². The molecule has 170 valence electrons. The van der Waals surface area contributed by atoms with E-state index in [1.165, 1.54) is 12.1 Å². The number of nitrogens with one attached hydrogen (secondary N) is 1. The van der Waals surface area contributed by atoms with Gasteiger partial charge in [0, 0.05) is 10.4 Å². The smallest absolute Gasteiger partial charge is 0.291 e. The van der Waals surface area contributed by atoms with Gasteiger partial charge in [0.05, 0.1) is 5.69 Å². The Balaban J connectivity index is 1.57. The van der Waals surface area contributed by atoms with Gasteiger partial charge in [-0.05, 0) is 55.0 Å². The van der Waals surface area contributed by atoms with Crippen molar-refractivity contribution in [1.29, 1.82) is 0 Å². The van der Waals surface area contributed by atoms with Gasteiger partial charge in [0.15, 0.2) is 5.76 Å². The predicted molar refractivity (Wildman–Crippen MR) is 120 cm³/mol. The number of nitrogens with two attached hydrogens (primary N) is 1. The quantitative estimate of drug-likeness (QED) is 0.344. The summed E-state index contributed by atoms with van der Waals surface area (Å²) in [6.45, 7) is 1.66. The minimum Gasteiger partial charge on any atom is -0.486 e. The van der Waals surface area contributed by atoms with E-state index in [-0.39, 0.29) is 27.8 Å². The third-order valence-electron chi connectivity index (χ3n) is 4.65. The van der Waals surface area contributed by atoms with E-state index < -0.39 is 23.9 Å². The van der Waals surface area contributed by atoms with E-state index in [0.717, 1.165) is 11.3 Å². The summed E-state index contributed by atoms with van der Waals surface area (Å²) in [5.41, 5.74) is 5.55. The van der Waals surface area contributed by atoms with Crippen LogP contribution in [0, 0.1) is 6.92 Å². The standard InChI is InChI=1S/C22H16ClF2N3O4S/c1-10-8-14(19(24)25)27-22-16(10)17(18(33-22)20(26)29)28-21(30)15-7-6-13(32-15)9-31-12-4-2-11(23)3-5-12/h2-8,19H,9H2,1H3,(H2,26,29)(H,28,30). The largest absolute Gasteiger partial charge is 0.486 e. The van der Waals surface area contributed by atoms with Crippen molar-refractivity contribution in [3.05, 3.63) is 75.1 Å². The number of nitrogens with zero attached hydrogens (tertiary/aromatic N) is 1. The lowest BCUT2D eigenvalue weighted by molar-refractivity contribution is 0.0992. The number of primary amides is 1. The van der Waals surface area contributed by atoms with Gasteiger partial charge in [0.1, 0.15) is 33.5 Å². The number of ether oxygens (including phenoxy) is 1. The molecular weight excluding hydrogens is 476 g/mol. The Labute approximate surface area is 195 Å². The van der Waals surface area contributed by atoms with Crippen LogP contribution in [-0.2, 0) is 6.61 Å². The van der Waals surface area contributed by atoms with Crippen LogP contribution in [0.2, 0.25) is 5.02 Å². The molecule has 3 N–H and O–H groups in total. The topological polar surface area (TPSA) is 107 Å². The molecule has 0 aliphatic heterocycles. The normalized spacial score (nSPS) is 11.2. The van der Waals surface area contributed by atoms with Crippen LogP contribution >= 0.6 is 22.9 Å². The molecule has 11 heteroatoms. The monoisotopic (exact) mass is 491 g/mol. The van der Waals surface area contributed by atoms with Crippen LogP contribution in [0.15, 0.2) is 46.9 Å². The van der Waals surface area contributed by atoms with Gasteiger partial charge in [-0.15, -0.1) is 11.3 Å². The molecule has 33 heavy (non-hydrogen) atoms. The van der Waals surface area contributed by atoms with Crippen LogP contribution in [0.25, 0.3) is 10.2 Å². The van der Waals surface area contributed by atoms with E-state index in [0.29, 0.717) is 27.5 Å². The van der Waals surface area contributed by atoms with Crippen molar-refractivity contribution in [2.75, 3.05) is 5.32 Å². The molecule has 4 rings (SSSR count). The Bertz CT molecular complexity index is 1350.